The Balaban J connectivity index is 1.28. The fraction of sp³-hybridized carbons (Fsp3) is 0.333. The van der Waals surface area contributed by atoms with E-state index in [1.165, 1.54) is 0 Å². The quantitative estimate of drug-likeness (QED) is 0.648. The summed E-state index contributed by atoms with van der Waals surface area (Å²) in [5.41, 5.74) is 2.07. The summed E-state index contributed by atoms with van der Waals surface area (Å²) in [6.45, 7) is 4.46. The highest BCUT2D eigenvalue weighted by atomic mass is 16.5. The molecule has 1 unspecified atom stereocenters. The molecule has 5 nitrogen and oxygen atoms in total. The summed E-state index contributed by atoms with van der Waals surface area (Å²) in [6.07, 6.45) is -0.537. The van der Waals surface area contributed by atoms with Gasteiger partial charge in [-0.25, -0.2) is 0 Å². The van der Waals surface area contributed by atoms with Gasteiger partial charge >= 0.3 is 0 Å². The third-order valence-electron chi connectivity index (χ3n) is 5.52. The van der Waals surface area contributed by atoms with Crippen LogP contribution in [0.3, 0.4) is 0 Å². The standard InChI is InChI=1S/C24H28N2O3/c27-17-20-7-2-4-10-23(20)26-14-12-25(13-15-26)16-21(28)18-29-24-11-5-8-19-6-1-3-9-22(19)24/h1-11,21,27-28H,12-18H2. The lowest BCUT2D eigenvalue weighted by Crippen LogP contribution is -2.49. The molecule has 0 aromatic heterocycles. The van der Waals surface area contributed by atoms with E-state index in [9.17, 15) is 10.2 Å². The molecule has 0 amide bonds. The fourth-order valence-corrected chi connectivity index (χ4v) is 3.98. The van der Waals surface area contributed by atoms with Gasteiger partial charge in [-0.2, -0.15) is 0 Å². The van der Waals surface area contributed by atoms with Crippen LogP contribution in [0.5, 0.6) is 5.75 Å². The first kappa shape index (κ1) is 19.7. The molecule has 1 aliphatic rings. The monoisotopic (exact) mass is 392 g/mol. The van der Waals surface area contributed by atoms with E-state index in [4.69, 9.17) is 4.74 Å². The topological polar surface area (TPSA) is 56.2 Å². The highest BCUT2D eigenvalue weighted by Gasteiger charge is 2.21. The molecule has 1 fully saturated rings. The van der Waals surface area contributed by atoms with Crippen LogP contribution in [-0.4, -0.2) is 60.5 Å². The molecule has 1 saturated heterocycles. The van der Waals surface area contributed by atoms with Gasteiger partial charge in [-0.1, -0.05) is 54.6 Å². The van der Waals surface area contributed by atoms with Gasteiger partial charge in [-0.15, -0.1) is 0 Å². The molecule has 1 heterocycles. The number of anilines is 1. The third kappa shape index (κ3) is 4.70. The second kappa shape index (κ2) is 9.27. The van der Waals surface area contributed by atoms with E-state index < -0.39 is 6.10 Å². The zero-order valence-corrected chi connectivity index (χ0v) is 16.6. The number of para-hydroxylation sites is 1. The maximum absolute atomic E-state index is 10.5. The number of nitrogens with zero attached hydrogens (tertiary/aromatic N) is 2. The molecular formula is C24H28N2O3. The number of benzene rings is 3. The van der Waals surface area contributed by atoms with E-state index in [1.54, 1.807) is 0 Å². The molecule has 0 aliphatic carbocycles. The zero-order valence-electron chi connectivity index (χ0n) is 16.6. The highest BCUT2D eigenvalue weighted by molar-refractivity contribution is 5.88. The smallest absolute Gasteiger partial charge is 0.127 e. The van der Waals surface area contributed by atoms with Crippen LogP contribution in [0, 0.1) is 0 Å². The first-order valence-electron chi connectivity index (χ1n) is 10.2. The minimum Gasteiger partial charge on any atom is -0.490 e. The van der Waals surface area contributed by atoms with Crippen molar-refractivity contribution in [1.29, 1.82) is 0 Å². The van der Waals surface area contributed by atoms with Crippen LogP contribution in [0.1, 0.15) is 5.56 Å². The van der Waals surface area contributed by atoms with Crippen LogP contribution < -0.4 is 9.64 Å². The van der Waals surface area contributed by atoms with E-state index in [2.05, 4.69) is 28.0 Å². The molecule has 3 aromatic rings. The Morgan fingerprint density at radius 2 is 1.59 bits per heavy atom. The summed E-state index contributed by atoms with van der Waals surface area (Å²) in [7, 11) is 0. The average molecular weight is 392 g/mol. The van der Waals surface area contributed by atoms with Crippen molar-refractivity contribution >= 4 is 16.5 Å². The van der Waals surface area contributed by atoms with Crippen molar-refractivity contribution in [3.8, 4) is 5.75 Å². The van der Waals surface area contributed by atoms with E-state index in [1.807, 2.05) is 48.5 Å². The van der Waals surface area contributed by atoms with Gasteiger partial charge in [-0.05, 0) is 17.5 Å². The first-order chi connectivity index (χ1) is 14.2. The van der Waals surface area contributed by atoms with E-state index >= 15 is 0 Å². The highest BCUT2D eigenvalue weighted by Crippen LogP contribution is 2.25. The molecule has 152 valence electrons. The van der Waals surface area contributed by atoms with Crippen molar-refractivity contribution in [2.75, 3.05) is 44.2 Å². The number of β-amino-alcohol motifs (C(OH)–C–C–N with tert-alkyl or cyclic N) is 1. The van der Waals surface area contributed by atoms with Gasteiger partial charge in [0, 0.05) is 49.4 Å². The van der Waals surface area contributed by atoms with Gasteiger partial charge in [0.15, 0.2) is 0 Å². The first-order valence-corrected chi connectivity index (χ1v) is 10.2. The Morgan fingerprint density at radius 3 is 2.41 bits per heavy atom. The summed E-state index contributed by atoms with van der Waals surface area (Å²) >= 11 is 0. The van der Waals surface area contributed by atoms with Crippen LogP contribution >= 0.6 is 0 Å². The van der Waals surface area contributed by atoms with Crippen molar-refractivity contribution in [3.05, 3.63) is 72.3 Å². The molecule has 1 atom stereocenters. The Bertz CT molecular complexity index is 933. The van der Waals surface area contributed by atoms with E-state index in [-0.39, 0.29) is 13.2 Å². The van der Waals surface area contributed by atoms with E-state index in [0.717, 1.165) is 54.0 Å². The van der Waals surface area contributed by atoms with Crippen molar-refractivity contribution in [2.45, 2.75) is 12.7 Å². The molecule has 0 radical (unpaired) electrons. The van der Waals surface area contributed by atoms with Gasteiger partial charge in [0.2, 0.25) is 0 Å². The molecule has 0 bridgehead atoms. The predicted molar refractivity (Wildman–Crippen MR) is 116 cm³/mol. The second-order valence-electron chi connectivity index (χ2n) is 7.52. The van der Waals surface area contributed by atoms with Crippen LogP contribution in [0.4, 0.5) is 5.69 Å². The summed E-state index contributed by atoms with van der Waals surface area (Å²) in [4.78, 5) is 4.58. The molecule has 29 heavy (non-hydrogen) atoms. The number of fused-ring (bicyclic) bond motifs is 1. The van der Waals surface area contributed by atoms with Crippen LogP contribution in [0.2, 0.25) is 0 Å². The Morgan fingerprint density at radius 1 is 0.862 bits per heavy atom. The number of rotatable bonds is 7. The van der Waals surface area contributed by atoms with E-state index in [0.29, 0.717) is 6.54 Å². The number of ether oxygens (including phenoxy) is 1. The minimum atomic E-state index is -0.537. The summed E-state index contributed by atoms with van der Waals surface area (Å²) in [5, 5.41) is 22.2. The van der Waals surface area contributed by atoms with Crippen molar-refractivity contribution in [2.24, 2.45) is 0 Å². The van der Waals surface area contributed by atoms with Crippen LogP contribution in [-0.2, 0) is 6.61 Å². The molecular weight excluding hydrogens is 364 g/mol. The molecule has 3 aromatic carbocycles. The second-order valence-corrected chi connectivity index (χ2v) is 7.52. The number of aliphatic hydroxyl groups is 2. The minimum absolute atomic E-state index is 0.0562. The molecule has 1 aliphatic heterocycles. The average Bonchev–Trinajstić information content (AvgIpc) is 2.78. The molecule has 5 heteroatoms. The Hall–Kier alpha value is -2.60. The number of hydrogen-bond donors (Lipinski definition) is 2. The van der Waals surface area contributed by atoms with Crippen molar-refractivity contribution in [3.63, 3.8) is 0 Å². The zero-order chi connectivity index (χ0) is 20.1. The van der Waals surface area contributed by atoms with Gasteiger partial charge in [0.1, 0.15) is 18.5 Å². The normalized spacial score (nSPS) is 16.1. The van der Waals surface area contributed by atoms with Gasteiger partial charge < -0.3 is 19.8 Å². The maximum Gasteiger partial charge on any atom is 0.127 e. The lowest BCUT2D eigenvalue weighted by molar-refractivity contribution is 0.0668. The Kier molecular flexibility index (Phi) is 6.30. The van der Waals surface area contributed by atoms with Crippen molar-refractivity contribution < 1.29 is 14.9 Å². The van der Waals surface area contributed by atoms with Crippen molar-refractivity contribution in [1.82, 2.24) is 4.90 Å². The molecule has 0 saturated carbocycles. The van der Waals surface area contributed by atoms with Crippen LogP contribution in [0.25, 0.3) is 10.8 Å². The Labute approximate surface area is 171 Å². The molecule has 4 rings (SSSR count). The fourth-order valence-electron chi connectivity index (χ4n) is 3.98. The molecule has 2 N–H and O–H groups in total. The third-order valence-corrected chi connectivity index (χ3v) is 5.52. The maximum atomic E-state index is 10.5. The van der Waals surface area contributed by atoms with Crippen LogP contribution in [0.15, 0.2) is 66.7 Å². The number of hydrogen-bond acceptors (Lipinski definition) is 5. The number of aliphatic hydroxyl groups excluding tert-OH is 2. The molecule has 0 spiro atoms. The van der Waals surface area contributed by atoms with Gasteiger partial charge in [-0.3, -0.25) is 4.90 Å². The lowest BCUT2D eigenvalue weighted by atomic mass is 10.1. The summed E-state index contributed by atoms with van der Waals surface area (Å²) < 4.78 is 5.93. The largest absolute Gasteiger partial charge is 0.490 e. The SMILES string of the molecule is OCc1ccccc1N1CCN(CC(O)COc2cccc3ccccc23)CC1. The lowest BCUT2D eigenvalue weighted by Gasteiger charge is -2.37. The summed E-state index contributed by atoms with van der Waals surface area (Å²) in [6, 6.07) is 22.1. The summed E-state index contributed by atoms with van der Waals surface area (Å²) in [5.74, 6) is 0.813. The number of piperazine rings is 1. The van der Waals surface area contributed by atoms with Gasteiger partial charge in [0.05, 0.1) is 6.61 Å². The predicted octanol–water partition coefficient (Wildman–Crippen LogP) is 2.89. The van der Waals surface area contributed by atoms with Gasteiger partial charge in [0.25, 0.3) is 0 Å².